The molecule has 1 aromatic carbocycles. The average molecular weight is 252 g/mol. The lowest BCUT2D eigenvalue weighted by atomic mass is 10.0. The van der Waals surface area contributed by atoms with Crippen molar-refractivity contribution >= 4 is 11.7 Å². The molecule has 1 aliphatic carbocycles. The predicted octanol–water partition coefficient (Wildman–Crippen LogP) is 2.25. The SMILES string of the molecule is O=C(NCC1(O)CCCC1)Nc1ccccc1F. The van der Waals surface area contributed by atoms with Gasteiger partial charge < -0.3 is 15.7 Å². The molecule has 0 radical (unpaired) electrons. The van der Waals surface area contributed by atoms with Gasteiger partial charge in [0.25, 0.3) is 0 Å². The Hall–Kier alpha value is -1.62. The van der Waals surface area contributed by atoms with Crippen LogP contribution in [-0.4, -0.2) is 23.3 Å². The summed E-state index contributed by atoms with van der Waals surface area (Å²) in [5.74, 6) is -0.479. The molecule has 4 nitrogen and oxygen atoms in total. The molecule has 0 spiro atoms. The summed E-state index contributed by atoms with van der Waals surface area (Å²) >= 11 is 0. The Morgan fingerprint density at radius 2 is 2.00 bits per heavy atom. The van der Waals surface area contributed by atoms with Crippen molar-refractivity contribution in [2.24, 2.45) is 0 Å². The summed E-state index contributed by atoms with van der Waals surface area (Å²) < 4.78 is 13.3. The van der Waals surface area contributed by atoms with Gasteiger partial charge in [0.2, 0.25) is 0 Å². The quantitative estimate of drug-likeness (QED) is 0.772. The predicted molar refractivity (Wildman–Crippen MR) is 66.8 cm³/mol. The van der Waals surface area contributed by atoms with Gasteiger partial charge in [-0.15, -0.1) is 0 Å². The van der Waals surface area contributed by atoms with E-state index in [2.05, 4.69) is 10.6 Å². The lowest BCUT2D eigenvalue weighted by molar-refractivity contribution is 0.0506. The summed E-state index contributed by atoms with van der Waals surface area (Å²) in [7, 11) is 0. The fourth-order valence-corrected chi connectivity index (χ4v) is 2.18. The highest BCUT2D eigenvalue weighted by molar-refractivity contribution is 5.89. The maximum absolute atomic E-state index is 13.3. The molecule has 0 aliphatic heterocycles. The van der Waals surface area contributed by atoms with Gasteiger partial charge in [-0.05, 0) is 25.0 Å². The molecule has 0 saturated heterocycles. The Kier molecular flexibility index (Phi) is 3.81. The molecule has 0 bridgehead atoms. The molecular formula is C13H17FN2O2. The van der Waals surface area contributed by atoms with Crippen molar-refractivity contribution in [3.63, 3.8) is 0 Å². The first-order chi connectivity index (χ1) is 8.59. The average Bonchev–Trinajstić information content (AvgIpc) is 2.77. The minimum absolute atomic E-state index is 0.133. The van der Waals surface area contributed by atoms with Gasteiger partial charge in [0.1, 0.15) is 5.82 Å². The van der Waals surface area contributed by atoms with Crippen molar-refractivity contribution in [2.45, 2.75) is 31.3 Å². The van der Waals surface area contributed by atoms with Crippen LogP contribution in [0.3, 0.4) is 0 Å². The fourth-order valence-electron chi connectivity index (χ4n) is 2.18. The number of hydrogen-bond acceptors (Lipinski definition) is 2. The van der Waals surface area contributed by atoms with Crippen LogP contribution >= 0.6 is 0 Å². The number of urea groups is 1. The second kappa shape index (κ2) is 5.35. The molecule has 3 N–H and O–H groups in total. The van der Waals surface area contributed by atoms with Crippen molar-refractivity contribution in [2.75, 3.05) is 11.9 Å². The van der Waals surface area contributed by atoms with E-state index in [4.69, 9.17) is 0 Å². The Labute approximate surface area is 105 Å². The van der Waals surface area contributed by atoms with Crippen molar-refractivity contribution in [1.82, 2.24) is 5.32 Å². The van der Waals surface area contributed by atoms with Crippen LogP contribution in [0.25, 0.3) is 0 Å². The van der Waals surface area contributed by atoms with E-state index < -0.39 is 17.4 Å². The normalized spacial score (nSPS) is 17.4. The Morgan fingerprint density at radius 3 is 2.67 bits per heavy atom. The van der Waals surface area contributed by atoms with Crippen molar-refractivity contribution in [3.8, 4) is 0 Å². The summed E-state index contributed by atoms with van der Waals surface area (Å²) in [4.78, 5) is 11.6. The third-order valence-electron chi connectivity index (χ3n) is 3.23. The molecular weight excluding hydrogens is 235 g/mol. The number of rotatable bonds is 3. The van der Waals surface area contributed by atoms with Crippen molar-refractivity contribution < 1.29 is 14.3 Å². The molecule has 5 heteroatoms. The van der Waals surface area contributed by atoms with Gasteiger partial charge in [0, 0.05) is 6.54 Å². The molecule has 2 rings (SSSR count). The fraction of sp³-hybridized carbons (Fsp3) is 0.462. The lowest BCUT2D eigenvalue weighted by Crippen LogP contribution is -2.42. The van der Waals surface area contributed by atoms with E-state index in [1.807, 2.05) is 0 Å². The largest absolute Gasteiger partial charge is 0.388 e. The van der Waals surface area contributed by atoms with Gasteiger partial charge in [-0.3, -0.25) is 0 Å². The lowest BCUT2D eigenvalue weighted by Gasteiger charge is -2.22. The molecule has 0 unspecified atom stereocenters. The highest BCUT2D eigenvalue weighted by Crippen LogP contribution is 2.28. The molecule has 2 amide bonds. The first kappa shape index (κ1) is 12.8. The van der Waals surface area contributed by atoms with E-state index in [-0.39, 0.29) is 12.2 Å². The molecule has 98 valence electrons. The molecule has 18 heavy (non-hydrogen) atoms. The Balaban J connectivity index is 1.84. The molecule has 1 fully saturated rings. The van der Waals surface area contributed by atoms with Crippen LogP contribution in [0.2, 0.25) is 0 Å². The number of carbonyl (C=O) groups excluding carboxylic acids is 1. The second-order valence-corrected chi connectivity index (χ2v) is 4.72. The molecule has 0 aromatic heterocycles. The zero-order chi connectivity index (χ0) is 13.0. The summed E-state index contributed by atoms with van der Waals surface area (Å²) in [6, 6.07) is 5.46. The smallest absolute Gasteiger partial charge is 0.319 e. The van der Waals surface area contributed by atoms with Crippen LogP contribution in [-0.2, 0) is 0 Å². The van der Waals surface area contributed by atoms with Gasteiger partial charge in [0.15, 0.2) is 0 Å². The number of amides is 2. The first-order valence-corrected chi connectivity index (χ1v) is 6.11. The molecule has 1 aliphatic rings. The Morgan fingerprint density at radius 1 is 1.33 bits per heavy atom. The van der Waals surface area contributed by atoms with Gasteiger partial charge in [-0.25, -0.2) is 9.18 Å². The molecule has 0 atom stereocenters. The molecule has 0 heterocycles. The minimum Gasteiger partial charge on any atom is -0.388 e. The number of aliphatic hydroxyl groups is 1. The summed E-state index contributed by atoms with van der Waals surface area (Å²) in [6.07, 6.45) is 3.36. The number of para-hydroxylation sites is 1. The summed E-state index contributed by atoms with van der Waals surface area (Å²) in [5, 5.41) is 15.0. The van der Waals surface area contributed by atoms with Gasteiger partial charge in [-0.2, -0.15) is 0 Å². The van der Waals surface area contributed by atoms with Crippen LogP contribution < -0.4 is 10.6 Å². The highest BCUT2D eigenvalue weighted by Gasteiger charge is 2.31. The topological polar surface area (TPSA) is 61.4 Å². The second-order valence-electron chi connectivity index (χ2n) is 4.72. The van der Waals surface area contributed by atoms with E-state index in [0.717, 1.165) is 12.8 Å². The van der Waals surface area contributed by atoms with E-state index >= 15 is 0 Å². The number of halogens is 1. The monoisotopic (exact) mass is 252 g/mol. The zero-order valence-corrected chi connectivity index (χ0v) is 10.1. The molecule has 1 aromatic rings. The van der Waals surface area contributed by atoms with E-state index in [1.54, 1.807) is 12.1 Å². The standard InChI is InChI=1S/C13H17FN2O2/c14-10-5-1-2-6-11(10)16-12(17)15-9-13(18)7-3-4-8-13/h1-2,5-6,18H,3-4,7-9H2,(H2,15,16,17). The van der Waals surface area contributed by atoms with Crippen LogP contribution in [0, 0.1) is 5.82 Å². The third kappa shape index (κ3) is 3.20. The number of nitrogens with one attached hydrogen (secondary N) is 2. The number of anilines is 1. The number of benzene rings is 1. The van der Waals surface area contributed by atoms with Crippen molar-refractivity contribution in [3.05, 3.63) is 30.1 Å². The van der Waals surface area contributed by atoms with Gasteiger partial charge in [0.05, 0.1) is 11.3 Å². The first-order valence-electron chi connectivity index (χ1n) is 6.11. The van der Waals surface area contributed by atoms with E-state index in [9.17, 15) is 14.3 Å². The van der Waals surface area contributed by atoms with Crippen LogP contribution in [0.1, 0.15) is 25.7 Å². The number of carbonyl (C=O) groups is 1. The van der Waals surface area contributed by atoms with Gasteiger partial charge in [-0.1, -0.05) is 25.0 Å². The van der Waals surface area contributed by atoms with Crippen LogP contribution in [0.5, 0.6) is 0 Å². The summed E-state index contributed by atoms with van der Waals surface area (Å²) in [6.45, 7) is 0.202. The Bertz CT molecular complexity index is 431. The van der Waals surface area contributed by atoms with E-state index in [0.29, 0.717) is 12.8 Å². The maximum Gasteiger partial charge on any atom is 0.319 e. The van der Waals surface area contributed by atoms with Gasteiger partial charge >= 0.3 is 6.03 Å². The minimum atomic E-state index is -0.799. The van der Waals surface area contributed by atoms with Crippen LogP contribution in [0.4, 0.5) is 14.9 Å². The maximum atomic E-state index is 13.3. The number of hydrogen-bond donors (Lipinski definition) is 3. The summed E-state index contributed by atoms with van der Waals surface area (Å²) in [5.41, 5.74) is -0.666. The van der Waals surface area contributed by atoms with Crippen LogP contribution in [0.15, 0.2) is 24.3 Å². The van der Waals surface area contributed by atoms with E-state index in [1.165, 1.54) is 12.1 Å². The highest BCUT2D eigenvalue weighted by atomic mass is 19.1. The molecule has 1 saturated carbocycles. The zero-order valence-electron chi connectivity index (χ0n) is 10.1. The van der Waals surface area contributed by atoms with Crippen molar-refractivity contribution in [1.29, 1.82) is 0 Å². The third-order valence-corrected chi connectivity index (χ3v) is 3.23.